The van der Waals surface area contributed by atoms with Crippen molar-refractivity contribution < 1.29 is 9.59 Å². The first kappa shape index (κ1) is 11.4. The zero-order chi connectivity index (χ0) is 12.5. The van der Waals surface area contributed by atoms with E-state index >= 15 is 0 Å². The topological polar surface area (TPSA) is 49.4 Å². The quantitative estimate of drug-likeness (QED) is 0.803. The predicted molar refractivity (Wildman–Crippen MR) is 67.2 cm³/mol. The lowest BCUT2D eigenvalue weighted by Gasteiger charge is -2.26. The number of benzene rings is 1. The van der Waals surface area contributed by atoms with E-state index in [9.17, 15) is 9.59 Å². The number of carbonyl (C=O) groups excluding carboxylic acids is 2. The third-order valence-corrected chi connectivity index (χ3v) is 3.48. The van der Waals surface area contributed by atoms with Crippen LogP contribution in [0.1, 0.15) is 28.8 Å². The summed E-state index contributed by atoms with van der Waals surface area (Å²) in [6, 6.07) is 7.96. The Balaban J connectivity index is 1.71. The largest absolute Gasteiger partial charge is 0.312 e. The molecule has 2 amide bonds. The minimum Gasteiger partial charge on any atom is -0.312 e. The zero-order valence-corrected chi connectivity index (χ0v) is 10.2. The van der Waals surface area contributed by atoms with Gasteiger partial charge in [-0.3, -0.25) is 14.5 Å². The van der Waals surface area contributed by atoms with Crippen LogP contribution in [0, 0.1) is 0 Å². The van der Waals surface area contributed by atoms with E-state index in [0.717, 1.165) is 5.56 Å². The third-order valence-electron chi connectivity index (χ3n) is 3.48. The molecule has 0 saturated heterocycles. The minimum absolute atomic E-state index is 0.0868. The number of amides is 2. The molecule has 0 aromatic heterocycles. The van der Waals surface area contributed by atoms with Crippen LogP contribution in [0.2, 0.25) is 0 Å². The Morgan fingerprint density at radius 3 is 2.78 bits per heavy atom. The Morgan fingerprint density at radius 1 is 1.22 bits per heavy atom. The molecule has 1 aromatic rings. The summed E-state index contributed by atoms with van der Waals surface area (Å²) in [5.74, 6) is -0.240. The number of nitrogens with zero attached hydrogens (tertiary/aromatic N) is 1. The molecule has 1 heterocycles. The van der Waals surface area contributed by atoms with Crippen molar-refractivity contribution in [3.8, 4) is 0 Å². The lowest BCUT2D eigenvalue weighted by atomic mass is 9.98. The summed E-state index contributed by atoms with van der Waals surface area (Å²) in [6.45, 7) is 1.17. The lowest BCUT2D eigenvalue weighted by molar-refractivity contribution is -0.128. The van der Waals surface area contributed by atoms with Crippen molar-refractivity contribution in [2.24, 2.45) is 0 Å². The molecule has 3 rings (SSSR count). The van der Waals surface area contributed by atoms with Crippen LogP contribution >= 0.6 is 0 Å². The molecule has 1 aliphatic carbocycles. The maximum absolute atomic E-state index is 12.2. The highest BCUT2D eigenvalue weighted by Gasteiger charge is 2.30. The SMILES string of the molecule is O=C1Cc2ccccc2C(=O)N1CCNC1CC1. The Labute approximate surface area is 106 Å². The Hall–Kier alpha value is -1.68. The fourth-order valence-electron chi connectivity index (χ4n) is 2.29. The number of carbonyl (C=O) groups is 2. The molecule has 1 aromatic carbocycles. The van der Waals surface area contributed by atoms with Gasteiger partial charge in [-0.1, -0.05) is 18.2 Å². The number of rotatable bonds is 4. The Kier molecular flexibility index (Phi) is 2.88. The van der Waals surface area contributed by atoms with Gasteiger partial charge in [0, 0.05) is 24.7 Å². The number of nitrogens with one attached hydrogen (secondary N) is 1. The molecule has 1 aliphatic heterocycles. The van der Waals surface area contributed by atoms with Gasteiger partial charge in [-0.05, 0) is 24.5 Å². The molecule has 0 unspecified atom stereocenters. The molecule has 0 spiro atoms. The van der Waals surface area contributed by atoms with E-state index in [2.05, 4.69) is 5.32 Å². The van der Waals surface area contributed by atoms with Crippen molar-refractivity contribution in [3.05, 3.63) is 35.4 Å². The normalized spacial score (nSPS) is 19.0. The molecule has 0 radical (unpaired) electrons. The van der Waals surface area contributed by atoms with Crippen LogP contribution in [0.15, 0.2) is 24.3 Å². The summed E-state index contributed by atoms with van der Waals surface area (Å²) in [7, 11) is 0. The van der Waals surface area contributed by atoms with E-state index in [4.69, 9.17) is 0 Å². The monoisotopic (exact) mass is 244 g/mol. The van der Waals surface area contributed by atoms with E-state index in [1.165, 1.54) is 17.7 Å². The van der Waals surface area contributed by atoms with Gasteiger partial charge in [0.15, 0.2) is 0 Å². The second-order valence-corrected chi connectivity index (χ2v) is 4.91. The van der Waals surface area contributed by atoms with Gasteiger partial charge in [0.1, 0.15) is 0 Å². The molecule has 4 heteroatoms. The fourth-order valence-corrected chi connectivity index (χ4v) is 2.29. The molecule has 1 N–H and O–H groups in total. The van der Waals surface area contributed by atoms with Gasteiger partial charge in [0.2, 0.25) is 5.91 Å². The first-order valence-corrected chi connectivity index (χ1v) is 6.41. The van der Waals surface area contributed by atoms with E-state index in [1.807, 2.05) is 18.2 Å². The van der Waals surface area contributed by atoms with Crippen molar-refractivity contribution >= 4 is 11.8 Å². The minimum atomic E-state index is -0.153. The summed E-state index contributed by atoms with van der Waals surface area (Å²) < 4.78 is 0. The Morgan fingerprint density at radius 2 is 2.00 bits per heavy atom. The summed E-state index contributed by atoms with van der Waals surface area (Å²) in [4.78, 5) is 25.5. The van der Waals surface area contributed by atoms with Crippen LogP contribution in [-0.2, 0) is 11.2 Å². The van der Waals surface area contributed by atoms with Crippen molar-refractivity contribution in [2.75, 3.05) is 13.1 Å². The van der Waals surface area contributed by atoms with E-state index < -0.39 is 0 Å². The van der Waals surface area contributed by atoms with Gasteiger partial charge in [-0.25, -0.2) is 0 Å². The number of fused-ring (bicyclic) bond motifs is 1. The summed E-state index contributed by atoms with van der Waals surface area (Å²) in [6.07, 6.45) is 2.76. The smallest absolute Gasteiger partial charge is 0.260 e. The molecule has 94 valence electrons. The van der Waals surface area contributed by atoms with E-state index in [1.54, 1.807) is 6.07 Å². The second kappa shape index (κ2) is 4.53. The van der Waals surface area contributed by atoms with Crippen molar-refractivity contribution in [1.29, 1.82) is 0 Å². The molecule has 0 atom stereocenters. The lowest BCUT2D eigenvalue weighted by Crippen LogP contribution is -2.45. The summed E-state index contributed by atoms with van der Waals surface area (Å²) >= 11 is 0. The first-order valence-electron chi connectivity index (χ1n) is 6.41. The van der Waals surface area contributed by atoms with Crippen LogP contribution in [-0.4, -0.2) is 35.8 Å². The van der Waals surface area contributed by atoms with Crippen LogP contribution in [0.3, 0.4) is 0 Å². The standard InChI is InChI=1S/C14H16N2O2/c17-13-9-10-3-1-2-4-12(10)14(18)16(13)8-7-15-11-5-6-11/h1-4,11,15H,5-9H2. The molecule has 1 saturated carbocycles. The molecule has 18 heavy (non-hydrogen) atoms. The highest BCUT2D eigenvalue weighted by molar-refractivity contribution is 6.09. The molecule has 4 nitrogen and oxygen atoms in total. The fraction of sp³-hybridized carbons (Fsp3) is 0.429. The van der Waals surface area contributed by atoms with Crippen LogP contribution < -0.4 is 5.32 Å². The highest BCUT2D eigenvalue weighted by Crippen LogP contribution is 2.20. The van der Waals surface area contributed by atoms with Gasteiger partial charge in [-0.2, -0.15) is 0 Å². The van der Waals surface area contributed by atoms with Crippen LogP contribution in [0.5, 0.6) is 0 Å². The second-order valence-electron chi connectivity index (χ2n) is 4.91. The van der Waals surface area contributed by atoms with Crippen molar-refractivity contribution in [3.63, 3.8) is 0 Å². The van der Waals surface area contributed by atoms with E-state index in [-0.39, 0.29) is 11.8 Å². The third kappa shape index (κ3) is 2.16. The number of hydrogen-bond donors (Lipinski definition) is 1. The average Bonchev–Trinajstić information content (AvgIpc) is 3.17. The number of imide groups is 1. The maximum atomic E-state index is 12.2. The number of hydrogen-bond acceptors (Lipinski definition) is 3. The van der Waals surface area contributed by atoms with Gasteiger partial charge >= 0.3 is 0 Å². The summed E-state index contributed by atoms with van der Waals surface area (Å²) in [5.41, 5.74) is 1.52. The molecular weight excluding hydrogens is 228 g/mol. The summed E-state index contributed by atoms with van der Waals surface area (Å²) in [5, 5.41) is 3.32. The molecule has 1 fully saturated rings. The maximum Gasteiger partial charge on any atom is 0.260 e. The van der Waals surface area contributed by atoms with Crippen LogP contribution in [0.4, 0.5) is 0 Å². The van der Waals surface area contributed by atoms with Crippen molar-refractivity contribution in [1.82, 2.24) is 10.2 Å². The van der Waals surface area contributed by atoms with Crippen LogP contribution in [0.25, 0.3) is 0 Å². The van der Waals surface area contributed by atoms with Gasteiger partial charge in [-0.15, -0.1) is 0 Å². The van der Waals surface area contributed by atoms with Crippen molar-refractivity contribution in [2.45, 2.75) is 25.3 Å². The zero-order valence-electron chi connectivity index (χ0n) is 10.2. The molecule has 0 bridgehead atoms. The first-order chi connectivity index (χ1) is 8.75. The van der Waals surface area contributed by atoms with Gasteiger partial charge in [0.25, 0.3) is 5.91 Å². The average molecular weight is 244 g/mol. The molecule has 2 aliphatic rings. The van der Waals surface area contributed by atoms with E-state index in [0.29, 0.717) is 31.1 Å². The molecular formula is C14H16N2O2. The van der Waals surface area contributed by atoms with Gasteiger partial charge < -0.3 is 5.32 Å². The van der Waals surface area contributed by atoms with Gasteiger partial charge in [0.05, 0.1) is 6.42 Å². The Bertz CT molecular complexity index is 494. The highest BCUT2D eigenvalue weighted by atomic mass is 16.2. The predicted octanol–water partition coefficient (Wildman–Crippen LogP) is 0.964.